The molecule has 2 aliphatic rings. The van der Waals surface area contributed by atoms with Gasteiger partial charge in [0, 0.05) is 55.5 Å². The van der Waals surface area contributed by atoms with Crippen LogP contribution in [-0.4, -0.2) is 49.4 Å². The third-order valence-corrected chi connectivity index (χ3v) is 6.16. The van der Waals surface area contributed by atoms with Gasteiger partial charge in [-0.05, 0) is 43.7 Å². The Kier molecular flexibility index (Phi) is 5.50. The Labute approximate surface area is 176 Å². The number of rotatable bonds is 3. The minimum absolute atomic E-state index is 0.0281. The van der Waals surface area contributed by atoms with Gasteiger partial charge in [0.15, 0.2) is 0 Å². The van der Waals surface area contributed by atoms with Crippen molar-refractivity contribution in [2.75, 3.05) is 42.5 Å². The highest BCUT2D eigenvalue weighted by Gasteiger charge is 2.38. The molecular weight excluding hydrogens is 386 g/mol. The molecule has 2 aromatic rings. The van der Waals surface area contributed by atoms with Crippen molar-refractivity contribution in [1.29, 1.82) is 0 Å². The van der Waals surface area contributed by atoms with Gasteiger partial charge in [0.05, 0.1) is 5.92 Å². The van der Waals surface area contributed by atoms with Crippen LogP contribution in [-0.2, 0) is 9.59 Å². The summed E-state index contributed by atoms with van der Waals surface area (Å²) in [4.78, 5) is 31.5. The molecule has 0 saturated carbocycles. The summed E-state index contributed by atoms with van der Waals surface area (Å²) in [5.41, 5.74) is 4.34. The van der Waals surface area contributed by atoms with E-state index in [9.17, 15) is 9.59 Å². The van der Waals surface area contributed by atoms with Crippen molar-refractivity contribution in [2.45, 2.75) is 20.3 Å². The molecule has 152 valence electrons. The number of hydrogen-bond acceptors (Lipinski definition) is 3. The predicted molar refractivity (Wildman–Crippen MR) is 117 cm³/mol. The Morgan fingerprint density at radius 3 is 2.38 bits per heavy atom. The second-order valence-electron chi connectivity index (χ2n) is 7.98. The number of amides is 2. The van der Waals surface area contributed by atoms with Gasteiger partial charge in [0.2, 0.25) is 11.8 Å². The summed E-state index contributed by atoms with van der Waals surface area (Å²) in [6, 6.07) is 13.8. The quantitative estimate of drug-likeness (QED) is 0.774. The van der Waals surface area contributed by atoms with Gasteiger partial charge in [-0.25, -0.2) is 0 Å². The van der Waals surface area contributed by atoms with E-state index in [1.165, 1.54) is 5.56 Å². The van der Waals surface area contributed by atoms with E-state index < -0.39 is 0 Å². The van der Waals surface area contributed by atoms with Gasteiger partial charge in [-0.3, -0.25) is 9.59 Å². The SMILES string of the molecule is Cc1ccc(N2CC(C(=O)N3CCN(c4cc(Cl)ccc4C)CC3)CC2=O)cc1. The molecule has 2 saturated heterocycles. The van der Waals surface area contributed by atoms with Gasteiger partial charge in [0.25, 0.3) is 0 Å². The molecule has 0 spiro atoms. The van der Waals surface area contributed by atoms with E-state index in [1.54, 1.807) is 4.90 Å². The largest absolute Gasteiger partial charge is 0.368 e. The molecule has 2 aliphatic heterocycles. The van der Waals surface area contributed by atoms with Gasteiger partial charge in [-0.1, -0.05) is 35.4 Å². The lowest BCUT2D eigenvalue weighted by Crippen LogP contribution is -2.50. The van der Waals surface area contributed by atoms with Crippen LogP contribution < -0.4 is 9.80 Å². The molecular formula is C23H26ClN3O2. The molecule has 0 radical (unpaired) electrons. The Balaban J connectivity index is 1.38. The number of carbonyl (C=O) groups excluding carboxylic acids is 2. The van der Waals surface area contributed by atoms with Crippen LogP contribution in [0.1, 0.15) is 17.5 Å². The summed E-state index contributed by atoms with van der Waals surface area (Å²) in [5.74, 6) is -0.140. The van der Waals surface area contributed by atoms with E-state index in [0.717, 1.165) is 35.1 Å². The second-order valence-corrected chi connectivity index (χ2v) is 8.42. The van der Waals surface area contributed by atoms with Crippen LogP contribution in [0, 0.1) is 19.8 Å². The predicted octanol–water partition coefficient (Wildman–Crippen LogP) is 3.66. The van der Waals surface area contributed by atoms with Gasteiger partial charge < -0.3 is 14.7 Å². The molecule has 2 fully saturated rings. The molecule has 1 unspecified atom stereocenters. The summed E-state index contributed by atoms with van der Waals surface area (Å²) in [7, 11) is 0. The molecule has 0 aromatic heterocycles. The number of benzene rings is 2. The van der Waals surface area contributed by atoms with Crippen LogP contribution in [0.5, 0.6) is 0 Å². The molecule has 0 bridgehead atoms. The standard InChI is InChI=1S/C23H26ClN3O2/c1-16-3-7-20(8-4-16)27-15-18(13-22(27)28)23(29)26-11-9-25(10-12-26)21-14-19(24)6-5-17(21)2/h3-8,14,18H,9-13,15H2,1-2H3. The summed E-state index contributed by atoms with van der Waals surface area (Å²) in [6.07, 6.45) is 0.292. The number of aryl methyl sites for hydroxylation is 2. The lowest BCUT2D eigenvalue weighted by molar-refractivity contribution is -0.136. The number of halogens is 1. The lowest BCUT2D eigenvalue weighted by atomic mass is 10.1. The van der Waals surface area contributed by atoms with Gasteiger partial charge in [-0.2, -0.15) is 0 Å². The van der Waals surface area contributed by atoms with Crippen LogP contribution in [0.3, 0.4) is 0 Å². The van der Waals surface area contributed by atoms with E-state index in [4.69, 9.17) is 11.6 Å². The Hall–Kier alpha value is -2.53. The highest BCUT2D eigenvalue weighted by molar-refractivity contribution is 6.30. The van der Waals surface area contributed by atoms with Crippen LogP contribution in [0.15, 0.2) is 42.5 Å². The van der Waals surface area contributed by atoms with Crippen molar-refractivity contribution in [3.63, 3.8) is 0 Å². The zero-order valence-electron chi connectivity index (χ0n) is 16.9. The fourth-order valence-corrected chi connectivity index (χ4v) is 4.36. The van der Waals surface area contributed by atoms with Gasteiger partial charge in [0.1, 0.15) is 0 Å². The topological polar surface area (TPSA) is 43.9 Å². The van der Waals surface area contributed by atoms with Gasteiger partial charge in [-0.15, -0.1) is 0 Å². The average Bonchev–Trinajstić information content (AvgIpc) is 3.11. The maximum Gasteiger partial charge on any atom is 0.228 e. The Morgan fingerprint density at radius 1 is 1.00 bits per heavy atom. The number of piperazine rings is 1. The molecule has 6 heteroatoms. The minimum atomic E-state index is -0.261. The van der Waals surface area contributed by atoms with Crippen LogP contribution >= 0.6 is 11.6 Å². The number of nitrogens with zero attached hydrogens (tertiary/aromatic N) is 3. The van der Waals surface area contributed by atoms with Crippen molar-refractivity contribution in [3.05, 3.63) is 58.6 Å². The van der Waals surface area contributed by atoms with Crippen LogP contribution in [0.25, 0.3) is 0 Å². The molecule has 0 N–H and O–H groups in total. The van der Waals surface area contributed by atoms with Crippen molar-refractivity contribution in [1.82, 2.24) is 4.90 Å². The summed E-state index contributed by atoms with van der Waals surface area (Å²) in [6.45, 7) is 7.44. The first kappa shape index (κ1) is 19.8. The summed E-state index contributed by atoms with van der Waals surface area (Å²) < 4.78 is 0. The van der Waals surface area contributed by atoms with Crippen LogP contribution in [0.4, 0.5) is 11.4 Å². The van der Waals surface area contributed by atoms with Crippen molar-refractivity contribution < 1.29 is 9.59 Å². The molecule has 0 aliphatic carbocycles. The Bertz CT molecular complexity index is 920. The summed E-state index contributed by atoms with van der Waals surface area (Å²) in [5, 5.41) is 0.727. The molecule has 2 aromatic carbocycles. The van der Waals surface area contributed by atoms with E-state index in [1.807, 2.05) is 54.3 Å². The van der Waals surface area contributed by atoms with E-state index in [0.29, 0.717) is 26.1 Å². The maximum atomic E-state index is 13.0. The monoisotopic (exact) mass is 411 g/mol. The fourth-order valence-electron chi connectivity index (χ4n) is 4.20. The second kappa shape index (κ2) is 8.07. The van der Waals surface area contributed by atoms with E-state index in [-0.39, 0.29) is 17.7 Å². The molecule has 2 amide bonds. The number of hydrogen-bond donors (Lipinski definition) is 0. The number of carbonyl (C=O) groups is 2. The smallest absolute Gasteiger partial charge is 0.228 e. The maximum absolute atomic E-state index is 13.0. The normalized spacial score (nSPS) is 19.8. The summed E-state index contributed by atoms with van der Waals surface area (Å²) >= 11 is 6.16. The third kappa shape index (κ3) is 4.10. The molecule has 2 heterocycles. The number of anilines is 2. The zero-order valence-corrected chi connectivity index (χ0v) is 17.7. The van der Waals surface area contributed by atoms with Crippen molar-refractivity contribution >= 4 is 34.8 Å². The highest BCUT2D eigenvalue weighted by Crippen LogP contribution is 2.28. The van der Waals surface area contributed by atoms with Crippen molar-refractivity contribution in [2.24, 2.45) is 5.92 Å². The minimum Gasteiger partial charge on any atom is -0.368 e. The van der Waals surface area contributed by atoms with E-state index in [2.05, 4.69) is 11.8 Å². The lowest BCUT2D eigenvalue weighted by Gasteiger charge is -2.37. The molecule has 29 heavy (non-hydrogen) atoms. The first-order valence-corrected chi connectivity index (χ1v) is 10.5. The highest BCUT2D eigenvalue weighted by atomic mass is 35.5. The fraction of sp³-hybridized carbons (Fsp3) is 0.391. The Morgan fingerprint density at radius 2 is 1.69 bits per heavy atom. The molecule has 1 atom stereocenters. The first-order chi connectivity index (χ1) is 13.9. The van der Waals surface area contributed by atoms with E-state index >= 15 is 0 Å². The van der Waals surface area contributed by atoms with Crippen LogP contribution in [0.2, 0.25) is 5.02 Å². The van der Waals surface area contributed by atoms with Gasteiger partial charge >= 0.3 is 0 Å². The zero-order chi connectivity index (χ0) is 20.5. The third-order valence-electron chi connectivity index (χ3n) is 5.92. The van der Waals surface area contributed by atoms with Crippen molar-refractivity contribution in [3.8, 4) is 0 Å². The molecule has 4 rings (SSSR count). The molecule has 5 nitrogen and oxygen atoms in total. The first-order valence-electron chi connectivity index (χ1n) is 10.1. The average molecular weight is 412 g/mol.